The maximum atomic E-state index is 12.1. The van der Waals surface area contributed by atoms with Gasteiger partial charge in [0.15, 0.2) is 0 Å². The van der Waals surface area contributed by atoms with E-state index < -0.39 is 17.7 Å². The molecule has 0 saturated heterocycles. The molecule has 2 rings (SSSR count). The van der Waals surface area contributed by atoms with Crippen LogP contribution in [0, 0.1) is 0 Å². The summed E-state index contributed by atoms with van der Waals surface area (Å²) in [5.41, 5.74) is 1.10. The number of hydrogen-bond donors (Lipinski definition) is 1. The summed E-state index contributed by atoms with van der Waals surface area (Å²) in [6.07, 6.45) is 2.04. The number of nitrogens with zero attached hydrogens (tertiary/aromatic N) is 1. The van der Waals surface area contributed by atoms with Gasteiger partial charge in [-0.2, -0.15) is 0 Å². The fraction of sp³-hybridized carbons (Fsp3) is 0.375. The third-order valence-corrected chi connectivity index (χ3v) is 3.17. The second-order valence-corrected chi connectivity index (χ2v) is 5.96. The molecule has 1 atom stereocenters. The molecular weight excluding hydrogens is 268 g/mol. The zero-order valence-electron chi connectivity index (χ0n) is 12.7. The predicted molar refractivity (Wildman–Crippen MR) is 81.1 cm³/mol. The molecule has 112 valence electrons. The molecule has 0 aliphatic rings. The molecule has 1 heterocycles. The number of carbonyl (C=O) groups is 2. The number of aromatic amines is 1. The average Bonchev–Trinajstić information content (AvgIpc) is 2.86. The van der Waals surface area contributed by atoms with Gasteiger partial charge in [-0.25, -0.2) is 4.79 Å². The van der Waals surface area contributed by atoms with Crippen molar-refractivity contribution in [3.8, 4) is 0 Å². The topological polar surface area (TPSA) is 62.4 Å². The van der Waals surface area contributed by atoms with Crippen LogP contribution in [-0.2, 0) is 9.53 Å². The van der Waals surface area contributed by atoms with Crippen LogP contribution in [0.25, 0.3) is 10.9 Å². The summed E-state index contributed by atoms with van der Waals surface area (Å²) in [7, 11) is 1.57. The van der Waals surface area contributed by atoms with Crippen molar-refractivity contribution in [2.45, 2.75) is 32.4 Å². The van der Waals surface area contributed by atoms with E-state index in [1.54, 1.807) is 27.8 Å². The van der Waals surface area contributed by atoms with Gasteiger partial charge in [0.2, 0.25) is 0 Å². The first-order chi connectivity index (χ1) is 9.83. The van der Waals surface area contributed by atoms with E-state index in [1.807, 2.05) is 30.5 Å². The van der Waals surface area contributed by atoms with Crippen LogP contribution in [0.3, 0.4) is 0 Å². The van der Waals surface area contributed by atoms with Crippen LogP contribution in [0.1, 0.15) is 32.4 Å². The van der Waals surface area contributed by atoms with Gasteiger partial charge in [-0.05, 0) is 38.5 Å². The number of hydrogen-bond acceptors (Lipinski definition) is 3. The van der Waals surface area contributed by atoms with Crippen LogP contribution < -0.4 is 0 Å². The summed E-state index contributed by atoms with van der Waals surface area (Å²) in [6.45, 7) is 5.38. The Labute approximate surface area is 123 Å². The van der Waals surface area contributed by atoms with Gasteiger partial charge in [0.1, 0.15) is 17.9 Å². The molecule has 1 amide bonds. The van der Waals surface area contributed by atoms with E-state index in [9.17, 15) is 9.59 Å². The largest absolute Gasteiger partial charge is 0.444 e. The lowest BCUT2D eigenvalue weighted by atomic mass is 10.0. The Hall–Kier alpha value is -2.30. The zero-order chi connectivity index (χ0) is 15.6. The molecule has 21 heavy (non-hydrogen) atoms. The van der Waals surface area contributed by atoms with E-state index in [4.69, 9.17) is 4.74 Å². The summed E-state index contributed by atoms with van der Waals surface area (Å²) in [5, 5.41) is 0.921. The smallest absolute Gasteiger partial charge is 0.410 e. The van der Waals surface area contributed by atoms with Crippen molar-refractivity contribution in [3.05, 3.63) is 36.0 Å². The van der Waals surface area contributed by atoms with Crippen molar-refractivity contribution < 1.29 is 14.3 Å². The summed E-state index contributed by atoms with van der Waals surface area (Å²) in [6, 6.07) is 6.83. The van der Waals surface area contributed by atoms with Crippen LogP contribution in [0.15, 0.2) is 30.5 Å². The second-order valence-electron chi connectivity index (χ2n) is 5.96. The molecule has 0 spiro atoms. The molecule has 0 fully saturated rings. The molecule has 0 saturated carbocycles. The Balaban J connectivity index is 2.33. The molecule has 0 aliphatic heterocycles. The van der Waals surface area contributed by atoms with Crippen molar-refractivity contribution >= 4 is 23.3 Å². The minimum absolute atomic E-state index is 0.521. The first-order valence-electron chi connectivity index (χ1n) is 6.80. The van der Waals surface area contributed by atoms with Crippen LogP contribution in [0.5, 0.6) is 0 Å². The van der Waals surface area contributed by atoms with Gasteiger partial charge < -0.3 is 14.5 Å². The van der Waals surface area contributed by atoms with Crippen LogP contribution in [-0.4, -0.2) is 34.9 Å². The highest BCUT2D eigenvalue weighted by Crippen LogP contribution is 2.27. The summed E-state index contributed by atoms with van der Waals surface area (Å²) in [5.74, 6) is 0. The van der Waals surface area contributed by atoms with Crippen LogP contribution >= 0.6 is 0 Å². The quantitative estimate of drug-likeness (QED) is 0.882. The van der Waals surface area contributed by atoms with Gasteiger partial charge in [0, 0.05) is 24.1 Å². The molecule has 0 radical (unpaired) electrons. The number of likely N-dealkylation sites (N-methyl/N-ethyl adjacent to an activating group) is 1. The number of nitrogens with one attached hydrogen (secondary N) is 1. The van der Waals surface area contributed by atoms with Gasteiger partial charge in [0.05, 0.1) is 0 Å². The number of amides is 1. The number of carbonyl (C=O) groups excluding carboxylic acids is 2. The van der Waals surface area contributed by atoms with Gasteiger partial charge >= 0.3 is 6.09 Å². The number of aldehydes is 1. The highest BCUT2D eigenvalue weighted by atomic mass is 16.6. The zero-order valence-corrected chi connectivity index (χ0v) is 12.7. The second kappa shape index (κ2) is 5.60. The molecule has 0 bridgehead atoms. The standard InChI is InChI=1S/C16H20N2O3/c1-16(2,3)21-15(20)18(4)14(10-19)12-6-5-7-13-11(12)8-9-17-13/h5-10,14,17H,1-4H3. The third-order valence-electron chi connectivity index (χ3n) is 3.17. The predicted octanol–water partition coefficient (Wildman–Crippen LogP) is 3.27. The lowest BCUT2D eigenvalue weighted by Gasteiger charge is -2.28. The van der Waals surface area contributed by atoms with Gasteiger partial charge in [-0.15, -0.1) is 0 Å². The Morgan fingerprint density at radius 3 is 2.67 bits per heavy atom. The molecule has 1 unspecified atom stereocenters. The van der Waals surface area contributed by atoms with Crippen molar-refractivity contribution in [1.29, 1.82) is 0 Å². The lowest BCUT2D eigenvalue weighted by molar-refractivity contribution is -0.112. The summed E-state index contributed by atoms with van der Waals surface area (Å²) >= 11 is 0. The maximum Gasteiger partial charge on any atom is 0.410 e. The Kier molecular flexibility index (Phi) is 4.02. The Morgan fingerprint density at radius 2 is 2.05 bits per heavy atom. The third kappa shape index (κ3) is 3.24. The highest BCUT2D eigenvalue weighted by Gasteiger charge is 2.27. The van der Waals surface area contributed by atoms with Crippen molar-refractivity contribution in [2.75, 3.05) is 7.05 Å². The number of rotatable bonds is 3. The summed E-state index contributed by atoms with van der Waals surface area (Å²) in [4.78, 5) is 28.1. The number of aromatic nitrogens is 1. The fourth-order valence-corrected chi connectivity index (χ4v) is 2.19. The number of fused-ring (bicyclic) bond motifs is 1. The first-order valence-corrected chi connectivity index (χ1v) is 6.80. The summed E-state index contributed by atoms with van der Waals surface area (Å²) < 4.78 is 5.32. The van der Waals surface area contributed by atoms with Gasteiger partial charge in [-0.3, -0.25) is 4.90 Å². The minimum Gasteiger partial charge on any atom is -0.444 e. The molecule has 0 aliphatic carbocycles. The number of benzene rings is 1. The Morgan fingerprint density at radius 1 is 1.33 bits per heavy atom. The van der Waals surface area contributed by atoms with Crippen molar-refractivity contribution in [3.63, 3.8) is 0 Å². The van der Waals surface area contributed by atoms with E-state index in [-0.39, 0.29) is 0 Å². The molecule has 5 nitrogen and oxygen atoms in total. The van der Waals surface area contributed by atoms with E-state index in [1.165, 1.54) is 4.90 Å². The minimum atomic E-state index is -0.681. The SMILES string of the molecule is CN(C(=O)OC(C)(C)C)C(C=O)c1cccc2[nH]ccc12. The highest BCUT2D eigenvalue weighted by molar-refractivity contribution is 5.87. The lowest BCUT2D eigenvalue weighted by Crippen LogP contribution is -2.37. The molecule has 1 aromatic heterocycles. The Bertz CT molecular complexity index is 655. The first kappa shape index (κ1) is 15.1. The van der Waals surface area contributed by atoms with Crippen LogP contribution in [0.2, 0.25) is 0 Å². The number of ether oxygens (including phenoxy) is 1. The van der Waals surface area contributed by atoms with E-state index in [0.29, 0.717) is 0 Å². The van der Waals surface area contributed by atoms with E-state index in [2.05, 4.69) is 4.98 Å². The molecule has 1 N–H and O–H groups in total. The van der Waals surface area contributed by atoms with Gasteiger partial charge in [0.25, 0.3) is 0 Å². The molecule has 5 heteroatoms. The fourth-order valence-electron chi connectivity index (χ4n) is 2.19. The molecule has 2 aromatic rings. The monoisotopic (exact) mass is 288 g/mol. The van der Waals surface area contributed by atoms with Gasteiger partial charge in [-0.1, -0.05) is 12.1 Å². The maximum absolute atomic E-state index is 12.1. The van der Waals surface area contributed by atoms with Crippen LogP contribution in [0.4, 0.5) is 4.79 Å². The number of H-pyrrole nitrogens is 1. The molecule has 1 aromatic carbocycles. The van der Waals surface area contributed by atoms with Crippen molar-refractivity contribution in [2.24, 2.45) is 0 Å². The average molecular weight is 288 g/mol. The van der Waals surface area contributed by atoms with E-state index in [0.717, 1.165) is 22.8 Å². The molecular formula is C16H20N2O3. The van der Waals surface area contributed by atoms with E-state index >= 15 is 0 Å². The van der Waals surface area contributed by atoms with Crippen molar-refractivity contribution in [1.82, 2.24) is 9.88 Å². The normalized spacial score (nSPS) is 13.0.